The summed E-state index contributed by atoms with van der Waals surface area (Å²) in [6.07, 6.45) is 4.93. The smallest absolute Gasteiger partial charge is 0.410 e. The summed E-state index contributed by atoms with van der Waals surface area (Å²) >= 11 is 0. The first kappa shape index (κ1) is 17.1. The van der Waals surface area contributed by atoms with Crippen molar-refractivity contribution in [3.8, 4) is 0 Å². The van der Waals surface area contributed by atoms with Crippen molar-refractivity contribution in [2.45, 2.75) is 45.3 Å². The Labute approximate surface area is 147 Å². The van der Waals surface area contributed by atoms with E-state index in [4.69, 9.17) is 11.3 Å². The molecule has 0 saturated carbocycles. The number of carbonyl (C=O) groups is 1. The Bertz CT molecular complexity index is 815. The van der Waals surface area contributed by atoms with E-state index in [9.17, 15) is 4.79 Å². The molecular weight excluding hydrogens is 318 g/mol. The van der Waals surface area contributed by atoms with Gasteiger partial charge in [0.05, 0.1) is 12.3 Å². The van der Waals surface area contributed by atoms with Crippen molar-refractivity contribution in [1.29, 1.82) is 0 Å². The van der Waals surface area contributed by atoms with E-state index in [1.807, 2.05) is 33.0 Å². The molecule has 2 N–H and O–H groups in total. The summed E-state index contributed by atoms with van der Waals surface area (Å²) in [4.78, 5) is 24.9. The van der Waals surface area contributed by atoms with E-state index >= 15 is 0 Å². The number of ether oxygens (including phenoxy) is 1. The number of piperidine rings is 1. The number of aromatic amines is 1. The molecule has 2 aromatic heterocycles. The molecule has 1 fully saturated rings. The fraction of sp³-hybridized carbons (Fsp3) is 0.500. The number of H-pyrrole nitrogens is 1. The van der Waals surface area contributed by atoms with Crippen LogP contribution in [0.5, 0.6) is 0 Å². The normalized spacial score (nSPS) is 18.0. The zero-order chi connectivity index (χ0) is 18.0. The zero-order valence-corrected chi connectivity index (χ0v) is 14.8. The Morgan fingerprint density at radius 1 is 1.52 bits per heavy atom. The molecule has 0 radical (unpaired) electrons. The van der Waals surface area contributed by atoms with Gasteiger partial charge >= 0.3 is 6.09 Å². The summed E-state index contributed by atoms with van der Waals surface area (Å²) in [6.45, 7) is 14.2. The third-order valence-corrected chi connectivity index (χ3v) is 4.11. The van der Waals surface area contributed by atoms with Crippen LogP contribution in [0.15, 0.2) is 18.5 Å². The van der Waals surface area contributed by atoms with Crippen molar-refractivity contribution < 1.29 is 9.53 Å². The summed E-state index contributed by atoms with van der Waals surface area (Å²) in [6, 6.07) is 1.98. The molecule has 1 aliphatic heterocycles. The summed E-state index contributed by atoms with van der Waals surface area (Å²) in [5.74, 6) is 0. The number of rotatable bonds is 2. The average molecular weight is 341 g/mol. The molecule has 0 aromatic carbocycles. The molecule has 7 heteroatoms. The molecule has 2 aromatic rings. The Morgan fingerprint density at radius 2 is 2.32 bits per heavy atom. The lowest BCUT2D eigenvalue weighted by molar-refractivity contribution is 0.0206. The number of nitrogens with one attached hydrogen (secondary N) is 2. The van der Waals surface area contributed by atoms with Crippen LogP contribution in [-0.2, 0) is 4.74 Å². The van der Waals surface area contributed by atoms with Crippen molar-refractivity contribution in [2.75, 3.05) is 18.4 Å². The first-order valence-electron chi connectivity index (χ1n) is 8.45. The predicted molar refractivity (Wildman–Crippen MR) is 96.8 cm³/mol. The number of fused-ring (bicyclic) bond motifs is 1. The van der Waals surface area contributed by atoms with Gasteiger partial charge in [0.1, 0.15) is 11.2 Å². The van der Waals surface area contributed by atoms with Gasteiger partial charge in [-0.05, 0) is 39.7 Å². The number of anilines is 1. The lowest BCUT2D eigenvalue weighted by atomic mass is 10.1. The number of hydrogen-bond donors (Lipinski definition) is 2. The molecule has 132 valence electrons. The topological polar surface area (TPSA) is 74.6 Å². The van der Waals surface area contributed by atoms with Crippen LogP contribution in [0.1, 0.15) is 33.6 Å². The molecule has 1 aliphatic rings. The first-order chi connectivity index (χ1) is 11.9. The van der Waals surface area contributed by atoms with E-state index in [0.29, 0.717) is 18.8 Å². The molecule has 1 amide bonds. The number of nitrogens with zero attached hydrogens (tertiary/aromatic N) is 3. The van der Waals surface area contributed by atoms with Crippen LogP contribution < -0.4 is 5.32 Å². The highest BCUT2D eigenvalue weighted by molar-refractivity contribution is 5.96. The number of pyridine rings is 1. The highest BCUT2D eigenvalue weighted by atomic mass is 16.6. The van der Waals surface area contributed by atoms with Crippen LogP contribution in [0.25, 0.3) is 15.9 Å². The van der Waals surface area contributed by atoms with Crippen LogP contribution in [0.4, 0.5) is 16.2 Å². The monoisotopic (exact) mass is 341 g/mol. The fourth-order valence-electron chi connectivity index (χ4n) is 3.03. The van der Waals surface area contributed by atoms with Crippen LogP contribution >= 0.6 is 0 Å². The molecule has 0 unspecified atom stereocenters. The summed E-state index contributed by atoms with van der Waals surface area (Å²) < 4.78 is 5.47. The fourth-order valence-corrected chi connectivity index (χ4v) is 3.03. The minimum atomic E-state index is -0.503. The molecule has 0 bridgehead atoms. The quantitative estimate of drug-likeness (QED) is 0.812. The number of aromatic nitrogens is 2. The predicted octanol–water partition coefficient (Wildman–Crippen LogP) is 3.93. The molecule has 1 atom stereocenters. The second-order valence-corrected chi connectivity index (χ2v) is 7.28. The third kappa shape index (κ3) is 3.85. The van der Waals surface area contributed by atoms with Crippen LogP contribution in [-0.4, -0.2) is 45.7 Å². The van der Waals surface area contributed by atoms with Gasteiger partial charge in [0.15, 0.2) is 0 Å². The first-order valence-corrected chi connectivity index (χ1v) is 8.45. The van der Waals surface area contributed by atoms with E-state index in [0.717, 1.165) is 29.6 Å². The summed E-state index contributed by atoms with van der Waals surface area (Å²) in [5.41, 5.74) is 1.50. The Hall–Kier alpha value is -2.75. The van der Waals surface area contributed by atoms with Crippen LogP contribution in [0.2, 0.25) is 0 Å². The minimum absolute atomic E-state index is 0.0715. The van der Waals surface area contributed by atoms with Crippen molar-refractivity contribution in [3.63, 3.8) is 0 Å². The highest BCUT2D eigenvalue weighted by Gasteiger charge is 2.28. The second-order valence-electron chi connectivity index (χ2n) is 7.28. The van der Waals surface area contributed by atoms with Crippen LogP contribution in [0, 0.1) is 6.57 Å². The Balaban J connectivity index is 1.76. The van der Waals surface area contributed by atoms with Gasteiger partial charge in [-0.1, -0.05) is 0 Å². The van der Waals surface area contributed by atoms with E-state index in [1.165, 1.54) is 0 Å². The number of carbonyl (C=O) groups excluding carboxylic acids is 1. The van der Waals surface area contributed by atoms with E-state index in [-0.39, 0.29) is 12.1 Å². The lowest BCUT2D eigenvalue weighted by Crippen LogP contribution is -2.47. The average Bonchev–Trinajstić information content (AvgIpc) is 3.03. The van der Waals surface area contributed by atoms with Gasteiger partial charge < -0.3 is 19.9 Å². The van der Waals surface area contributed by atoms with Crippen molar-refractivity contribution >= 4 is 28.5 Å². The van der Waals surface area contributed by atoms with E-state index < -0.39 is 5.60 Å². The maximum atomic E-state index is 12.3. The van der Waals surface area contributed by atoms with Gasteiger partial charge in [0.25, 0.3) is 0 Å². The SMILES string of the molecule is [C-]#[N+]c1cnc2[nH]ccc2c1N[C@@H]1CCCN(C(=O)OC(C)(C)C)C1. The maximum absolute atomic E-state index is 12.3. The zero-order valence-electron chi connectivity index (χ0n) is 14.8. The van der Waals surface area contributed by atoms with Gasteiger partial charge in [-0.15, -0.1) is 0 Å². The molecule has 3 heterocycles. The van der Waals surface area contributed by atoms with E-state index in [1.54, 1.807) is 11.1 Å². The molecule has 7 nitrogen and oxygen atoms in total. The lowest BCUT2D eigenvalue weighted by Gasteiger charge is -2.35. The van der Waals surface area contributed by atoms with Crippen LogP contribution in [0.3, 0.4) is 0 Å². The molecular formula is C18H23N5O2. The Kier molecular flexibility index (Phi) is 4.53. The maximum Gasteiger partial charge on any atom is 0.410 e. The molecule has 25 heavy (non-hydrogen) atoms. The molecule has 0 aliphatic carbocycles. The van der Waals surface area contributed by atoms with Gasteiger partial charge in [0, 0.05) is 36.9 Å². The van der Waals surface area contributed by atoms with Crippen molar-refractivity contribution in [3.05, 3.63) is 29.9 Å². The Morgan fingerprint density at radius 3 is 3.04 bits per heavy atom. The van der Waals surface area contributed by atoms with Crippen molar-refractivity contribution in [2.24, 2.45) is 0 Å². The third-order valence-electron chi connectivity index (χ3n) is 4.11. The van der Waals surface area contributed by atoms with Gasteiger partial charge in [-0.3, -0.25) is 4.98 Å². The largest absolute Gasteiger partial charge is 0.444 e. The second kappa shape index (κ2) is 6.63. The number of amides is 1. The highest BCUT2D eigenvalue weighted by Crippen LogP contribution is 2.33. The number of likely N-dealkylation sites (tertiary alicyclic amines) is 1. The summed E-state index contributed by atoms with van der Waals surface area (Å²) in [7, 11) is 0. The summed E-state index contributed by atoms with van der Waals surface area (Å²) in [5, 5.41) is 4.35. The van der Waals surface area contributed by atoms with Gasteiger partial charge in [-0.25, -0.2) is 9.64 Å². The van der Waals surface area contributed by atoms with Crippen molar-refractivity contribution in [1.82, 2.24) is 14.9 Å². The molecule has 1 saturated heterocycles. The van der Waals surface area contributed by atoms with Gasteiger partial charge in [-0.2, -0.15) is 0 Å². The number of hydrogen-bond acceptors (Lipinski definition) is 4. The standard InChI is InChI=1S/C18H23N5O2/c1-18(2,3)25-17(24)23-9-5-6-12(11-23)22-15-13-7-8-20-16(13)21-10-14(15)19-4/h7-8,10,12H,5-6,9,11H2,1-3H3,(H2,20,21,22)/t12-/m1/s1. The molecule has 0 spiro atoms. The van der Waals surface area contributed by atoms with E-state index in [2.05, 4.69) is 20.1 Å². The van der Waals surface area contributed by atoms with Gasteiger partial charge in [0.2, 0.25) is 5.69 Å². The molecule has 3 rings (SSSR count). The minimum Gasteiger partial charge on any atom is -0.444 e.